The highest BCUT2D eigenvalue weighted by atomic mass is 16.5. The number of unbranched alkanes of at least 4 members (excludes halogenated alkanes) is 1. The number of carbonyl (C=O) groups excluding carboxylic acids is 3. The Bertz CT molecular complexity index is 778. The van der Waals surface area contributed by atoms with Gasteiger partial charge < -0.3 is 15.0 Å². The van der Waals surface area contributed by atoms with Gasteiger partial charge in [-0.25, -0.2) is 0 Å². The van der Waals surface area contributed by atoms with Gasteiger partial charge in [0.05, 0.1) is 12.1 Å². The normalized spacial score (nSPS) is 15.0. The number of hydrogen-bond acceptors (Lipinski definition) is 4. The maximum Gasteiger partial charge on any atom is 0.308 e. The molecule has 0 aromatic heterocycles. The van der Waals surface area contributed by atoms with Crippen LogP contribution in [-0.4, -0.2) is 41.8 Å². The zero-order valence-electron chi connectivity index (χ0n) is 18.0. The van der Waals surface area contributed by atoms with Crippen LogP contribution in [0.25, 0.3) is 0 Å². The van der Waals surface area contributed by atoms with Gasteiger partial charge >= 0.3 is 5.97 Å². The average molecular weight is 413 g/mol. The van der Waals surface area contributed by atoms with Crippen molar-refractivity contribution in [1.29, 1.82) is 0 Å². The number of carbonyl (C=O) groups is 3. The molecule has 162 valence electrons. The Morgan fingerprint density at radius 3 is 2.57 bits per heavy atom. The van der Waals surface area contributed by atoms with E-state index in [2.05, 4.69) is 18.2 Å². The molecule has 0 heterocycles. The molecule has 0 saturated heterocycles. The number of nitrogens with zero attached hydrogens (tertiary/aromatic N) is 1. The number of benzene rings is 1. The Morgan fingerprint density at radius 2 is 1.93 bits per heavy atom. The third kappa shape index (κ3) is 6.35. The highest BCUT2D eigenvalue weighted by Crippen LogP contribution is 2.31. The number of para-hydroxylation sites is 1. The Labute approximate surface area is 179 Å². The van der Waals surface area contributed by atoms with Gasteiger partial charge in [0.15, 0.2) is 0 Å². The number of terminal acetylenes is 1. The third-order valence-corrected chi connectivity index (χ3v) is 5.42. The van der Waals surface area contributed by atoms with E-state index >= 15 is 0 Å². The minimum atomic E-state index is -0.643. The molecule has 1 N–H and O–H groups in total. The van der Waals surface area contributed by atoms with Crippen LogP contribution in [0.5, 0.6) is 5.75 Å². The third-order valence-electron chi connectivity index (χ3n) is 5.42. The number of nitrogens with one attached hydrogen (secondary N) is 1. The average Bonchev–Trinajstić information content (AvgIpc) is 2.74. The lowest BCUT2D eigenvalue weighted by Gasteiger charge is -2.37. The molecule has 1 aliphatic rings. The molecule has 6 heteroatoms. The summed E-state index contributed by atoms with van der Waals surface area (Å²) >= 11 is 0. The monoisotopic (exact) mass is 412 g/mol. The van der Waals surface area contributed by atoms with Crippen molar-refractivity contribution in [2.24, 2.45) is 5.92 Å². The first-order chi connectivity index (χ1) is 14.5. The summed E-state index contributed by atoms with van der Waals surface area (Å²) in [5.41, 5.74) is 0.227. The molecule has 6 nitrogen and oxygen atoms in total. The van der Waals surface area contributed by atoms with Crippen LogP contribution < -0.4 is 10.1 Å². The van der Waals surface area contributed by atoms with Crippen molar-refractivity contribution in [3.63, 3.8) is 0 Å². The smallest absolute Gasteiger partial charge is 0.308 e. The summed E-state index contributed by atoms with van der Waals surface area (Å²) in [6.07, 6.45) is 12.4. The van der Waals surface area contributed by atoms with Crippen LogP contribution in [0.4, 0.5) is 0 Å². The summed E-state index contributed by atoms with van der Waals surface area (Å²) < 4.78 is 5.22. The Hall–Kier alpha value is -2.81. The molecular weight excluding hydrogens is 380 g/mol. The Kier molecular flexibility index (Phi) is 9.40. The molecule has 30 heavy (non-hydrogen) atoms. The molecule has 0 aliphatic heterocycles. The molecule has 0 spiro atoms. The zero-order valence-corrected chi connectivity index (χ0v) is 18.0. The number of rotatable bonds is 9. The quantitative estimate of drug-likeness (QED) is 0.291. The summed E-state index contributed by atoms with van der Waals surface area (Å²) in [4.78, 5) is 39.6. The second-order valence-electron chi connectivity index (χ2n) is 7.71. The minimum Gasteiger partial charge on any atom is -0.426 e. The van der Waals surface area contributed by atoms with Gasteiger partial charge in [0.25, 0.3) is 5.91 Å². The van der Waals surface area contributed by atoms with Crippen molar-refractivity contribution in [2.45, 2.75) is 64.8 Å². The largest absolute Gasteiger partial charge is 0.426 e. The maximum absolute atomic E-state index is 13.5. The van der Waals surface area contributed by atoms with E-state index in [1.807, 2.05) is 0 Å². The molecule has 2 rings (SSSR count). The Morgan fingerprint density at radius 1 is 1.23 bits per heavy atom. The lowest BCUT2D eigenvalue weighted by atomic mass is 9.82. The molecule has 1 aliphatic carbocycles. The number of ether oxygens (including phenoxy) is 1. The van der Waals surface area contributed by atoms with E-state index in [1.54, 1.807) is 24.3 Å². The van der Waals surface area contributed by atoms with Crippen LogP contribution >= 0.6 is 0 Å². The summed E-state index contributed by atoms with van der Waals surface area (Å²) in [6.45, 7) is 3.92. The maximum atomic E-state index is 13.5. The fraction of sp³-hybridized carbons (Fsp3) is 0.542. The van der Waals surface area contributed by atoms with Crippen LogP contribution in [0.3, 0.4) is 0 Å². The van der Waals surface area contributed by atoms with Gasteiger partial charge in [0, 0.05) is 13.5 Å². The predicted molar refractivity (Wildman–Crippen MR) is 116 cm³/mol. The van der Waals surface area contributed by atoms with Crippen LogP contribution in [0.2, 0.25) is 0 Å². The molecule has 1 atom stereocenters. The second-order valence-corrected chi connectivity index (χ2v) is 7.71. The molecular formula is C24H32N2O4. The fourth-order valence-corrected chi connectivity index (χ4v) is 3.99. The van der Waals surface area contributed by atoms with Crippen molar-refractivity contribution in [3.8, 4) is 18.1 Å². The van der Waals surface area contributed by atoms with E-state index in [1.165, 1.54) is 11.8 Å². The van der Waals surface area contributed by atoms with Crippen LogP contribution in [0.1, 0.15) is 69.2 Å². The van der Waals surface area contributed by atoms with Crippen LogP contribution in [0, 0.1) is 18.3 Å². The van der Waals surface area contributed by atoms with Crippen molar-refractivity contribution >= 4 is 17.8 Å². The number of hydrogen-bond donors (Lipinski definition) is 1. The minimum absolute atomic E-state index is 0.00953. The van der Waals surface area contributed by atoms with Gasteiger partial charge in [0.1, 0.15) is 11.8 Å². The van der Waals surface area contributed by atoms with E-state index in [0.717, 1.165) is 44.9 Å². The van der Waals surface area contributed by atoms with Gasteiger partial charge in [-0.2, -0.15) is 0 Å². The summed E-state index contributed by atoms with van der Waals surface area (Å²) in [5.74, 6) is 1.69. The van der Waals surface area contributed by atoms with E-state index in [-0.39, 0.29) is 29.7 Å². The van der Waals surface area contributed by atoms with Crippen LogP contribution in [-0.2, 0) is 9.59 Å². The lowest BCUT2D eigenvalue weighted by Crippen LogP contribution is -2.54. The van der Waals surface area contributed by atoms with Gasteiger partial charge in [-0.05, 0) is 37.3 Å². The van der Waals surface area contributed by atoms with Crippen molar-refractivity contribution < 1.29 is 19.1 Å². The lowest BCUT2D eigenvalue weighted by molar-refractivity contribution is -0.132. The van der Waals surface area contributed by atoms with E-state index in [4.69, 9.17) is 11.2 Å². The predicted octanol–water partition coefficient (Wildman–Crippen LogP) is 3.55. The van der Waals surface area contributed by atoms with Crippen molar-refractivity contribution in [2.75, 3.05) is 13.1 Å². The highest BCUT2D eigenvalue weighted by molar-refractivity contribution is 6.00. The van der Waals surface area contributed by atoms with Crippen molar-refractivity contribution in [1.82, 2.24) is 10.2 Å². The summed E-state index contributed by atoms with van der Waals surface area (Å²) in [6, 6.07) is 5.91. The number of esters is 1. The first-order valence-corrected chi connectivity index (χ1v) is 10.8. The van der Waals surface area contributed by atoms with Gasteiger partial charge in [-0.3, -0.25) is 14.4 Å². The molecule has 0 radical (unpaired) electrons. The van der Waals surface area contributed by atoms with Gasteiger partial charge in [-0.15, -0.1) is 6.42 Å². The topological polar surface area (TPSA) is 75.7 Å². The molecule has 2 amide bonds. The first kappa shape index (κ1) is 23.5. The molecule has 1 aromatic rings. The summed E-state index contributed by atoms with van der Waals surface area (Å²) in [5, 5.41) is 2.99. The highest BCUT2D eigenvalue weighted by Gasteiger charge is 2.37. The Balaban J connectivity index is 2.38. The van der Waals surface area contributed by atoms with Gasteiger partial charge in [-0.1, -0.05) is 50.7 Å². The van der Waals surface area contributed by atoms with E-state index in [9.17, 15) is 14.4 Å². The molecule has 1 fully saturated rings. The summed E-state index contributed by atoms with van der Waals surface area (Å²) in [7, 11) is 0. The standard InChI is InChI=1S/C24H32N2O4/c1-4-6-16-25-23(28)22(19-12-8-7-9-13-19)26(17-5-2)24(29)20-14-10-11-15-21(20)30-18(3)27/h2,10-11,14-15,19,22H,4,6-9,12-13,16-17H2,1,3H3,(H,25,28). The second kappa shape index (κ2) is 12.0. The molecule has 1 saturated carbocycles. The van der Waals surface area contributed by atoms with Crippen molar-refractivity contribution in [3.05, 3.63) is 29.8 Å². The SMILES string of the molecule is C#CCN(C(=O)c1ccccc1OC(C)=O)C(C(=O)NCCCC)C1CCCCC1. The molecule has 1 aromatic carbocycles. The van der Waals surface area contributed by atoms with Crippen LogP contribution in [0.15, 0.2) is 24.3 Å². The molecule has 0 bridgehead atoms. The number of amides is 2. The van der Waals surface area contributed by atoms with E-state index < -0.39 is 17.9 Å². The fourth-order valence-electron chi connectivity index (χ4n) is 3.99. The van der Waals surface area contributed by atoms with E-state index in [0.29, 0.717) is 6.54 Å². The zero-order chi connectivity index (χ0) is 21.9. The molecule has 1 unspecified atom stereocenters. The van der Waals surface area contributed by atoms with Gasteiger partial charge in [0.2, 0.25) is 5.91 Å². The first-order valence-electron chi connectivity index (χ1n) is 10.8.